The highest BCUT2D eigenvalue weighted by atomic mass is 79.9. The van der Waals surface area contributed by atoms with Crippen molar-refractivity contribution in [1.29, 1.82) is 0 Å². The van der Waals surface area contributed by atoms with Crippen LogP contribution in [-0.2, 0) is 0 Å². The fourth-order valence-corrected chi connectivity index (χ4v) is 3.33. The zero-order valence-corrected chi connectivity index (χ0v) is 13.6. The van der Waals surface area contributed by atoms with E-state index >= 15 is 0 Å². The number of carbonyl (C=O) groups excluding carboxylic acids is 1. The van der Waals surface area contributed by atoms with Gasteiger partial charge in [0, 0.05) is 19.8 Å². The molecule has 0 fully saturated rings. The van der Waals surface area contributed by atoms with Crippen molar-refractivity contribution in [3.8, 4) is 0 Å². The summed E-state index contributed by atoms with van der Waals surface area (Å²) in [5.74, 6) is -0.0387. The number of nitrogens with one attached hydrogen (secondary N) is 1. The maximum absolute atomic E-state index is 12.1. The van der Waals surface area contributed by atoms with Gasteiger partial charge in [0.25, 0.3) is 5.91 Å². The molecule has 0 bridgehead atoms. The van der Waals surface area contributed by atoms with E-state index in [0.717, 1.165) is 4.47 Å². The summed E-state index contributed by atoms with van der Waals surface area (Å²) >= 11 is 5.13. The molecule has 0 aliphatic rings. The van der Waals surface area contributed by atoms with Crippen molar-refractivity contribution < 1.29 is 4.79 Å². The van der Waals surface area contributed by atoms with Crippen LogP contribution in [0.2, 0.25) is 0 Å². The van der Waals surface area contributed by atoms with E-state index in [4.69, 9.17) is 0 Å². The third kappa shape index (κ3) is 3.45. The topological polar surface area (TPSA) is 29.1 Å². The fourth-order valence-electron chi connectivity index (χ4n) is 2.04. The van der Waals surface area contributed by atoms with Gasteiger partial charge >= 0.3 is 0 Å². The molecule has 100 valence electrons. The highest BCUT2D eigenvalue weighted by Crippen LogP contribution is 2.26. The van der Waals surface area contributed by atoms with E-state index in [2.05, 4.69) is 41.2 Å². The minimum absolute atomic E-state index is 0.0288. The van der Waals surface area contributed by atoms with Crippen LogP contribution in [0.15, 0.2) is 34.8 Å². The van der Waals surface area contributed by atoms with Gasteiger partial charge in [-0.15, -0.1) is 11.3 Å². The van der Waals surface area contributed by atoms with E-state index in [0.29, 0.717) is 5.56 Å². The van der Waals surface area contributed by atoms with Crippen molar-refractivity contribution in [3.63, 3.8) is 0 Å². The maximum Gasteiger partial charge on any atom is 0.251 e. The lowest BCUT2D eigenvalue weighted by Crippen LogP contribution is -2.26. The van der Waals surface area contributed by atoms with Crippen molar-refractivity contribution in [2.45, 2.75) is 26.8 Å². The molecule has 1 amide bonds. The van der Waals surface area contributed by atoms with E-state index in [1.54, 1.807) is 11.3 Å². The Morgan fingerprint density at radius 1 is 1.26 bits per heavy atom. The zero-order chi connectivity index (χ0) is 14.0. The summed E-state index contributed by atoms with van der Waals surface area (Å²) in [4.78, 5) is 14.7. The molecule has 4 heteroatoms. The van der Waals surface area contributed by atoms with Gasteiger partial charge in [0.1, 0.15) is 0 Å². The van der Waals surface area contributed by atoms with Crippen molar-refractivity contribution in [2.24, 2.45) is 0 Å². The molecule has 0 spiro atoms. The first-order valence-electron chi connectivity index (χ1n) is 6.10. The number of aryl methyl sites for hydroxylation is 2. The van der Waals surface area contributed by atoms with E-state index in [-0.39, 0.29) is 11.9 Å². The van der Waals surface area contributed by atoms with Gasteiger partial charge in [-0.25, -0.2) is 0 Å². The van der Waals surface area contributed by atoms with Gasteiger partial charge in [0.2, 0.25) is 0 Å². The Morgan fingerprint density at radius 2 is 1.89 bits per heavy atom. The molecule has 0 saturated heterocycles. The molecule has 2 aromatic rings. The Balaban J connectivity index is 2.10. The van der Waals surface area contributed by atoms with Crippen molar-refractivity contribution in [1.82, 2.24) is 5.32 Å². The summed E-state index contributed by atoms with van der Waals surface area (Å²) < 4.78 is 0.974. The number of benzene rings is 1. The van der Waals surface area contributed by atoms with Gasteiger partial charge in [-0.3, -0.25) is 4.79 Å². The minimum Gasteiger partial charge on any atom is -0.345 e. The lowest BCUT2D eigenvalue weighted by atomic mass is 10.1. The van der Waals surface area contributed by atoms with E-state index in [1.165, 1.54) is 15.3 Å². The molecule has 0 aliphatic heterocycles. The number of amides is 1. The summed E-state index contributed by atoms with van der Waals surface area (Å²) in [5, 5.41) is 3.04. The zero-order valence-electron chi connectivity index (χ0n) is 11.2. The predicted molar refractivity (Wildman–Crippen MR) is 83.8 cm³/mol. The Morgan fingerprint density at radius 3 is 2.42 bits per heavy atom. The molecule has 1 atom stereocenters. The van der Waals surface area contributed by atoms with Crippen LogP contribution in [0.5, 0.6) is 0 Å². The molecule has 0 radical (unpaired) electrons. The summed E-state index contributed by atoms with van der Waals surface area (Å²) in [5.41, 5.74) is 1.88. The van der Waals surface area contributed by atoms with Gasteiger partial charge in [-0.1, -0.05) is 15.9 Å². The molecule has 0 aliphatic carbocycles. The summed E-state index contributed by atoms with van der Waals surface area (Å²) in [6.45, 7) is 6.20. The highest BCUT2D eigenvalue weighted by Gasteiger charge is 2.14. The Hall–Kier alpha value is -1.13. The smallest absolute Gasteiger partial charge is 0.251 e. The maximum atomic E-state index is 12.1. The Kier molecular flexibility index (Phi) is 4.42. The second-order valence-electron chi connectivity index (χ2n) is 4.57. The normalized spacial score (nSPS) is 12.2. The first-order valence-corrected chi connectivity index (χ1v) is 7.71. The quantitative estimate of drug-likeness (QED) is 0.869. The molecule has 2 rings (SSSR count). The molecule has 2 nitrogen and oxygen atoms in total. The van der Waals surface area contributed by atoms with Crippen LogP contribution in [0.1, 0.15) is 38.6 Å². The lowest BCUT2D eigenvalue weighted by molar-refractivity contribution is 0.0940. The monoisotopic (exact) mass is 337 g/mol. The molecule has 19 heavy (non-hydrogen) atoms. The SMILES string of the molecule is Cc1cc(C(C)NC(=O)c2ccc(Br)cc2)c(C)s1. The van der Waals surface area contributed by atoms with Crippen molar-refractivity contribution in [3.05, 3.63) is 55.7 Å². The number of halogens is 1. The van der Waals surface area contributed by atoms with Gasteiger partial charge in [0.05, 0.1) is 6.04 Å². The summed E-state index contributed by atoms with van der Waals surface area (Å²) in [6, 6.07) is 9.56. The summed E-state index contributed by atoms with van der Waals surface area (Å²) in [6.07, 6.45) is 0. The highest BCUT2D eigenvalue weighted by molar-refractivity contribution is 9.10. The molecule has 1 N–H and O–H groups in total. The Bertz CT molecular complexity index is 589. The van der Waals surface area contributed by atoms with Crippen molar-refractivity contribution in [2.75, 3.05) is 0 Å². The van der Waals surface area contributed by atoms with Crippen LogP contribution < -0.4 is 5.32 Å². The third-order valence-corrected chi connectivity index (χ3v) is 4.51. The van der Waals surface area contributed by atoms with Gasteiger partial charge in [-0.2, -0.15) is 0 Å². The first-order chi connectivity index (χ1) is 8.97. The Labute approximate surface area is 126 Å². The number of hydrogen-bond acceptors (Lipinski definition) is 2. The average Bonchev–Trinajstić information content (AvgIpc) is 2.69. The molecule has 1 unspecified atom stereocenters. The van der Waals surface area contributed by atoms with Gasteiger partial charge < -0.3 is 5.32 Å². The van der Waals surface area contributed by atoms with Crippen LogP contribution >= 0.6 is 27.3 Å². The minimum atomic E-state index is -0.0387. The molecule has 1 aromatic heterocycles. The molecular formula is C15H16BrNOS. The van der Waals surface area contributed by atoms with E-state index in [1.807, 2.05) is 31.2 Å². The van der Waals surface area contributed by atoms with Crippen LogP contribution in [0.25, 0.3) is 0 Å². The molecule has 1 aromatic carbocycles. The lowest BCUT2D eigenvalue weighted by Gasteiger charge is -2.14. The third-order valence-electron chi connectivity index (χ3n) is 3.00. The molecule has 0 saturated carbocycles. The van der Waals surface area contributed by atoms with Crippen LogP contribution in [0.3, 0.4) is 0 Å². The van der Waals surface area contributed by atoms with E-state index < -0.39 is 0 Å². The van der Waals surface area contributed by atoms with Crippen LogP contribution in [0, 0.1) is 13.8 Å². The molecule has 1 heterocycles. The van der Waals surface area contributed by atoms with Gasteiger partial charge in [0.15, 0.2) is 0 Å². The second-order valence-corrected chi connectivity index (χ2v) is 6.95. The molecular weight excluding hydrogens is 322 g/mol. The summed E-state index contributed by atoms with van der Waals surface area (Å²) in [7, 11) is 0. The number of hydrogen-bond donors (Lipinski definition) is 1. The largest absolute Gasteiger partial charge is 0.345 e. The van der Waals surface area contributed by atoms with Crippen molar-refractivity contribution >= 4 is 33.2 Å². The second kappa shape index (κ2) is 5.88. The standard InChI is InChI=1S/C15H16BrNOS/c1-9-8-14(11(3)19-9)10(2)17-15(18)12-4-6-13(16)7-5-12/h4-8,10H,1-3H3,(H,17,18). The van der Waals surface area contributed by atoms with Crippen LogP contribution in [-0.4, -0.2) is 5.91 Å². The fraction of sp³-hybridized carbons (Fsp3) is 0.267. The number of carbonyl (C=O) groups is 1. The first kappa shape index (κ1) is 14.3. The van der Waals surface area contributed by atoms with E-state index in [9.17, 15) is 4.79 Å². The number of thiophene rings is 1. The number of rotatable bonds is 3. The average molecular weight is 338 g/mol. The van der Waals surface area contributed by atoms with Crippen LogP contribution in [0.4, 0.5) is 0 Å². The van der Waals surface area contributed by atoms with Gasteiger partial charge in [-0.05, 0) is 56.7 Å². The predicted octanol–water partition coefficient (Wildman–Crippen LogP) is 4.62.